The first-order valence-electron chi connectivity index (χ1n) is 10.9. The van der Waals surface area contributed by atoms with Gasteiger partial charge in [0.25, 0.3) is 0 Å². The molecule has 0 atom stereocenters. The Morgan fingerprint density at radius 3 is 2.34 bits per heavy atom. The molecular weight excluding hydrogens is 424 g/mol. The van der Waals surface area contributed by atoms with Gasteiger partial charge in [0.1, 0.15) is 17.9 Å². The number of nitrogens with zero attached hydrogens (tertiary/aromatic N) is 4. The van der Waals surface area contributed by atoms with Crippen LogP contribution in [0.5, 0.6) is 5.75 Å². The second-order valence-electron chi connectivity index (χ2n) is 7.66. The van der Waals surface area contributed by atoms with E-state index in [0.717, 1.165) is 28.4 Å². The van der Waals surface area contributed by atoms with E-state index in [1.807, 2.05) is 67.6 Å². The Hall–Kier alpha value is -2.97. The van der Waals surface area contributed by atoms with Crippen LogP contribution in [0.4, 0.5) is 5.82 Å². The summed E-state index contributed by atoms with van der Waals surface area (Å²) in [6, 6.07) is 19.5. The predicted molar refractivity (Wildman–Crippen MR) is 126 cm³/mol. The highest BCUT2D eigenvalue weighted by Gasteiger charge is 2.27. The van der Waals surface area contributed by atoms with Gasteiger partial charge in [-0.1, -0.05) is 30.3 Å². The van der Waals surface area contributed by atoms with Crippen molar-refractivity contribution in [2.24, 2.45) is 0 Å². The van der Waals surface area contributed by atoms with Crippen LogP contribution in [0.15, 0.2) is 67.0 Å². The fourth-order valence-electron chi connectivity index (χ4n) is 3.78. The first-order valence-corrected chi connectivity index (χ1v) is 12.5. The molecule has 168 valence electrons. The minimum absolute atomic E-state index is 0.131. The van der Waals surface area contributed by atoms with Crippen molar-refractivity contribution >= 4 is 15.8 Å². The molecule has 8 heteroatoms. The molecule has 1 aliphatic rings. The predicted octanol–water partition coefficient (Wildman–Crippen LogP) is 3.24. The topological polar surface area (TPSA) is 75.6 Å². The third-order valence-electron chi connectivity index (χ3n) is 5.56. The van der Waals surface area contributed by atoms with E-state index in [1.54, 1.807) is 10.6 Å². The standard InChI is InChI=1S/C24H28N4O3S/c1-2-31-22-10-8-21(9-11-22)23-18-24(26-19-25-23)27-13-15-28(16-14-27)32(29,30)17-12-20-6-4-3-5-7-20/h3-11,18-19H,2,12-17H2,1H3. The molecule has 2 heterocycles. The molecule has 1 saturated heterocycles. The molecule has 0 spiro atoms. The lowest BCUT2D eigenvalue weighted by atomic mass is 10.1. The van der Waals surface area contributed by atoms with Crippen molar-refractivity contribution in [2.75, 3.05) is 43.4 Å². The molecule has 0 saturated carbocycles. The number of aryl methyl sites for hydroxylation is 1. The summed E-state index contributed by atoms with van der Waals surface area (Å²) in [6.45, 7) is 4.71. The van der Waals surface area contributed by atoms with Crippen LogP contribution in [0.25, 0.3) is 11.3 Å². The smallest absolute Gasteiger partial charge is 0.214 e. The van der Waals surface area contributed by atoms with E-state index >= 15 is 0 Å². The van der Waals surface area contributed by atoms with Crippen LogP contribution in [0.3, 0.4) is 0 Å². The average molecular weight is 453 g/mol. The number of hydrogen-bond acceptors (Lipinski definition) is 6. The van der Waals surface area contributed by atoms with Gasteiger partial charge >= 0.3 is 0 Å². The van der Waals surface area contributed by atoms with Crippen LogP contribution < -0.4 is 9.64 Å². The quantitative estimate of drug-likeness (QED) is 0.522. The van der Waals surface area contributed by atoms with Crippen molar-refractivity contribution in [3.8, 4) is 17.0 Å². The number of sulfonamides is 1. The lowest BCUT2D eigenvalue weighted by Gasteiger charge is -2.34. The van der Waals surface area contributed by atoms with E-state index in [-0.39, 0.29) is 5.75 Å². The zero-order chi connectivity index (χ0) is 22.4. The Morgan fingerprint density at radius 2 is 1.66 bits per heavy atom. The summed E-state index contributed by atoms with van der Waals surface area (Å²) in [5.74, 6) is 1.77. The van der Waals surface area contributed by atoms with E-state index < -0.39 is 10.0 Å². The molecule has 32 heavy (non-hydrogen) atoms. The van der Waals surface area contributed by atoms with Crippen LogP contribution in [-0.4, -0.2) is 61.2 Å². The Morgan fingerprint density at radius 1 is 0.938 bits per heavy atom. The molecule has 0 unspecified atom stereocenters. The first-order chi connectivity index (χ1) is 15.5. The molecule has 1 aromatic heterocycles. The van der Waals surface area contributed by atoms with E-state index in [2.05, 4.69) is 14.9 Å². The number of benzene rings is 2. The number of aromatic nitrogens is 2. The van der Waals surface area contributed by atoms with Crippen molar-refractivity contribution in [3.63, 3.8) is 0 Å². The minimum atomic E-state index is -3.29. The van der Waals surface area contributed by atoms with Crippen molar-refractivity contribution in [2.45, 2.75) is 13.3 Å². The second kappa shape index (κ2) is 10.1. The monoisotopic (exact) mass is 452 g/mol. The highest BCUT2D eigenvalue weighted by atomic mass is 32.2. The summed E-state index contributed by atoms with van der Waals surface area (Å²) in [6.07, 6.45) is 2.09. The van der Waals surface area contributed by atoms with Gasteiger partial charge < -0.3 is 9.64 Å². The Kier molecular flexibility index (Phi) is 7.02. The summed E-state index contributed by atoms with van der Waals surface area (Å²) in [7, 11) is -3.29. The highest BCUT2D eigenvalue weighted by molar-refractivity contribution is 7.89. The van der Waals surface area contributed by atoms with Crippen molar-refractivity contribution < 1.29 is 13.2 Å². The molecule has 7 nitrogen and oxygen atoms in total. The second-order valence-corrected chi connectivity index (χ2v) is 9.75. The van der Waals surface area contributed by atoms with Gasteiger partial charge in [0.05, 0.1) is 18.1 Å². The number of hydrogen-bond donors (Lipinski definition) is 0. The largest absolute Gasteiger partial charge is 0.494 e. The van der Waals surface area contributed by atoms with E-state index in [0.29, 0.717) is 39.2 Å². The maximum Gasteiger partial charge on any atom is 0.214 e. The van der Waals surface area contributed by atoms with Gasteiger partial charge in [-0.15, -0.1) is 0 Å². The Labute approximate surface area is 189 Å². The van der Waals surface area contributed by atoms with Gasteiger partial charge in [0.2, 0.25) is 10.0 Å². The van der Waals surface area contributed by atoms with Gasteiger partial charge in [-0.05, 0) is 43.2 Å². The summed E-state index contributed by atoms with van der Waals surface area (Å²) in [4.78, 5) is 10.9. The maximum atomic E-state index is 12.8. The average Bonchev–Trinajstić information content (AvgIpc) is 2.84. The number of piperazine rings is 1. The Bertz CT molecular complexity index is 1110. The van der Waals surface area contributed by atoms with Crippen molar-refractivity contribution in [1.29, 1.82) is 0 Å². The molecule has 1 aliphatic heterocycles. The van der Waals surface area contributed by atoms with Crippen molar-refractivity contribution in [3.05, 3.63) is 72.6 Å². The zero-order valence-corrected chi connectivity index (χ0v) is 19.0. The molecule has 0 aliphatic carbocycles. The minimum Gasteiger partial charge on any atom is -0.494 e. The fraction of sp³-hybridized carbons (Fsp3) is 0.333. The van der Waals surface area contributed by atoms with E-state index in [4.69, 9.17) is 4.74 Å². The van der Waals surface area contributed by atoms with Crippen LogP contribution in [0, 0.1) is 0 Å². The first kappa shape index (κ1) is 22.2. The molecular formula is C24H28N4O3S. The van der Waals surface area contributed by atoms with Crippen LogP contribution in [0.2, 0.25) is 0 Å². The molecule has 0 N–H and O–H groups in total. The summed E-state index contributed by atoms with van der Waals surface area (Å²) in [5.41, 5.74) is 2.85. The number of ether oxygens (including phenoxy) is 1. The molecule has 1 fully saturated rings. The number of rotatable bonds is 8. The normalized spacial score (nSPS) is 15.0. The third-order valence-corrected chi connectivity index (χ3v) is 7.43. The van der Waals surface area contributed by atoms with Gasteiger partial charge in [0, 0.05) is 37.8 Å². The molecule has 2 aromatic carbocycles. The van der Waals surface area contributed by atoms with Gasteiger partial charge in [-0.25, -0.2) is 18.4 Å². The van der Waals surface area contributed by atoms with Gasteiger partial charge in [-0.2, -0.15) is 4.31 Å². The van der Waals surface area contributed by atoms with E-state index in [1.165, 1.54) is 0 Å². The summed E-state index contributed by atoms with van der Waals surface area (Å²) >= 11 is 0. The summed E-state index contributed by atoms with van der Waals surface area (Å²) < 4.78 is 32.7. The van der Waals surface area contributed by atoms with Crippen molar-refractivity contribution in [1.82, 2.24) is 14.3 Å². The zero-order valence-electron chi connectivity index (χ0n) is 18.2. The molecule has 0 amide bonds. The van der Waals surface area contributed by atoms with E-state index in [9.17, 15) is 8.42 Å². The lowest BCUT2D eigenvalue weighted by Crippen LogP contribution is -2.49. The summed E-state index contributed by atoms with van der Waals surface area (Å²) in [5, 5.41) is 0. The van der Waals surface area contributed by atoms with Crippen LogP contribution in [-0.2, 0) is 16.4 Å². The van der Waals surface area contributed by atoms with Gasteiger partial charge in [0.15, 0.2) is 0 Å². The van der Waals surface area contributed by atoms with Crippen LogP contribution >= 0.6 is 0 Å². The molecule has 0 bridgehead atoms. The van der Waals surface area contributed by atoms with Crippen LogP contribution in [0.1, 0.15) is 12.5 Å². The molecule has 4 rings (SSSR count). The third kappa shape index (κ3) is 5.44. The SMILES string of the molecule is CCOc1ccc(-c2cc(N3CCN(S(=O)(=O)CCc4ccccc4)CC3)ncn2)cc1. The molecule has 0 radical (unpaired) electrons. The number of anilines is 1. The lowest BCUT2D eigenvalue weighted by molar-refractivity contribution is 0.340. The molecule has 3 aromatic rings. The maximum absolute atomic E-state index is 12.8. The highest BCUT2D eigenvalue weighted by Crippen LogP contribution is 2.24. The Balaban J connectivity index is 1.37. The van der Waals surface area contributed by atoms with Gasteiger partial charge in [-0.3, -0.25) is 0 Å². The fourth-order valence-corrected chi connectivity index (χ4v) is 5.25.